The maximum atomic E-state index is 13.3. The summed E-state index contributed by atoms with van der Waals surface area (Å²) in [5, 5.41) is 87.5. The third-order valence-electron chi connectivity index (χ3n) is 18.0. The van der Waals surface area contributed by atoms with Gasteiger partial charge in [0.2, 0.25) is 5.91 Å². The fourth-order valence-electron chi connectivity index (χ4n) is 12.2. The Bertz CT molecular complexity index is 1460. The van der Waals surface area contributed by atoms with Crippen LogP contribution in [0.1, 0.15) is 335 Å². The van der Waals surface area contributed by atoms with Gasteiger partial charge in [0.15, 0.2) is 12.6 Å². The van der Waals surface area contributed by atoms with Crippen LogP contribution in [-0.2, 0) is 23.7 Å². The second-order valence-electron chi connectivity index (χ2n) is 25.7. The molecule has 84 heavy (non-hydrogen) atoms. The number of aliphatic hydroxyl groups is 8. The predicted octanol–water partition coefficient (Wildman–Crippen LogP) is 14.6. The van der Waals surface area contributed by atoms with Crippen LogP contribution in [0.2, 0.25) is 0 Å². The lowest BCUT2D eigenvalue weighted by Gasteiger charge is -2.46. The number of nitrogens with one attached hydrogen (secondary N) is 1. The molecule has 9 N–H and O–H groups in total. The number of rotatable bonds is 60. The Morgan fingerprint density at radius 2 is 0.750 bits per heavy atom. The van der Waals surface area contributed by atoms with Crippen molar-refractivity contribution in [3.8, 4) is 0 Å². The molecule has 12 unspecified atom stereocenters. The van der Waals surface area contributed by atoms with Gasteiger partial charge >= 0.3 is 0 Å². The topological polar surface area (TPSA) is 228 Å². The second-order valence-corrected chi connectivity index (χ2v) is 25.7. The third-order valence-corrected chi connectivity index (χ3v) is 18.0. The van der Waals surface area contributed by atoms with Gasteiger partial charge in [0.1, 0.15) is 48.8 Å². The first-order chi connectivity index (χ1) is 41.1. The molecule has 2 rings (SSSR count). The van der Waals surface area contributed by atoms with Crippen LogP contribution in [0.15, 0.2) is 12.2 Å². The molecule has 0 radical (unpaired) electrons. The van der Waals surface area contributed by atoms with E-state index in [9.17, 15) is 45.6 Å². The molecule has 0 aromatic carbocycles. The SMILES string of the molecule is CCCCCCCCCC/C=C\CCCCCCCCCCCCCCCCCCCCCCCCCC(=O)NC(COC1OC(CO)C(OC2OC(CO)C(O)C(O)C2O)C(O)C1O)C(O)CCCCCCCCCCCCCCCCC. The van der Waals surface area contributed by atoms with Crippen molar-refractivity contribution >= 4 is 5.91 Å². The number of ether oxygens (including phenoxy) is 4. The summed E-state index contributed by atoms with van der Waals surface area (Å²) in [5.41, 5.74) is 0. The average molecular weight is 1200 g/mol. The molecule has 14 heteroatoms. The Kier molecular flexibility index (Phi) is 52.3. The molecular weight excluding hydrogens is 1060 g/mol. The van der Waals surface area contributed by atoms with E-state index in [1.807, 2.05) is 0 Å². The van der Waals surface area contributed by atoms with Crippen LogP contribution in [0.5, 0.6) is 0 Å². The molecule has 0 spiro atoms. The summed E-state index contributed by atoms with van der Waals surface area (Å²) in [6.45, 7) is 2.91. The Hall–Kier alpha value is -1.27. The Labute approximate surface area is 514 Å². The number of allylic oxidation sites excluding steroid dienone is 2. The molecule has 2 fully saturated rings. The van der Waals surface area contributed by atoms with E-state index >= 15 is 0 Å². The summed E-state index contributed by atoms with van der Waals surface area (Å²) in [6.07, 6.45) is 51.1. The molecule has 0 aliphatic carbocycles. The van der Waals surface area contributed by atoms with Gasteiger partial charge in [-0.05, 0) is 38.5 Å². The monoisotopic (exact) mass is 1200 g/mol. The van der Waals surface area contributed by atoms with Crippen LogP contribution in [-0.4, -0.2) is 140 Å². The molecule has 0 bridgehead atoms. The summed E-state index contributed by atoms with van der Waals surface area (Å²) in [5.74, 6) is -0.199. The fourth-order valence-corrected chi connectivity index (χ4v) is 12.2. The molecule has 1 amide bonds. The fraction of sp³-hybridized carbons (Fsp3) is 0.957. The molecule has 0 aromatic heterocycles. The highest BCUT2D eigenvalue weighted by Gasteiger charge is 2.51. The first-order valence-corrected chi connectivity index (χ1v) is 35.9. The van der Waals surface area contributed by atoms with E-state index in [4.69, 9.17) is 18.9 Å². The van der Waals surface area contributed by atoms with E-state index in [1.165, 1.54) is 257 Å². The highest BCUT2D eigenvalue weighted by molar-refractivity contribution is 5.76. The van der Waals surface area contributed by atoms with Gasteiger partial charge in [-0.2, -0.15) is 0 Å². The zero-order valence-corrected chi connectivity index (χ0v) is 54.2. The van der Waals surface area contributed by atoms with E-state index in [0.717, 1.165) is 51.4 Å². The number of carbonyl (C=O) groups is 1. The van der Waals surface area contributed by atoms with Crippen LogP contribution < -0.4 is 5.32 Å². The van der Waals surface area contributed by atoms with Crippen LogP contribution in [0.4, 0.5) is 0 Å². The van der Waals surface area contributed by atoms with Gasteiger partial charge in [0, 0.05) is 6.42 Å². The second kappa shape index (κ2) is 55.8. The molecule has 0 aromatic rings. The van der Waals surface area contributed by atoms with Crippen molar-refractivity contribution in [3.05, 3.63) is 12.2 Å². The summed E-state index contributed by atoms with van der Waals surface area (Å²) in [6, 6.07) is -0.825. The van der Waals surface area contributed by atoms with Crippen molar-refractivity contribution in [1.29, 1.82) is 0 Å². The van der Waals surface area contributed by atoms with Crippen molar-refractivity contribution in [1.82, 2.24) is 5.32 Å². The maximum absolute atomic E-state index is 13.3. The molecule has 2 aliphatic rings. The minimum absolute atomic E-state index is 0.199. The van der Waals surface area contributed by atoms with E-state index in [-0.39, 0.29) is 12.5 Å². The molecule has 12 atom stereocenters. The lowest BCUT2D eigenvalue weighted by atomic mass is 9.97. The molecular formula is C70H135NO13. The van der Waals surface area contributed by atoms with E-state index < -0.39 is 86.8 Å². The number of hydrogen-bond acceptors (Lipinski definition) is 13. The molecule has 2 heterocycles. The first kappa shape index (κ1) is 78.8. The van der Waals surface area contributed by atoms with E-state index in [2.05, 4.69) is 31.3 Å². The van der Waals surface area contributed by atoms with Crippen molar-refractivity contribution < 1.29 is 64.6 Å². The van der Waals surface area contributed by atoms with Gasteiger partial charge in [-0.3, -0.25) is 4.79 Å². The Morgan fingerprint density at radius 1 is 0.417 bits per heavy atom. The molecule has 498 valence electrons. The first-order valence-electron chi connectivity index (χ1n) is 35.9. The smallest absolute Gasteiger partial charge is 0.220 e. The normalized spacial score (nSPS) is 23.6. The van der Waals surface area contributed by atoms with Crippen molar-refractivity contribution in [2.24, 2.45) is 0 Å². The van der Waals surface area contributed by atoms with Gasteiger partial charge in [-0.1, -0.05) is 302 Å². The van der Waals surface area contributed by atoms with Crippen molar-refractivity contribution in [2.75, 3.05) is 19.8 Å². The minimum atomic E-state index is -1.78. The highest BCUT2D eigenvalue weighted by atomic mass is 16.7. The van der Waals surface area contributed by atoms with E-state index in [1.54, 1.807) is 0 Å². The standard InChI is InChI=1S/C70H135NO13/c1-3-5-7-9-11-13-15-17-19-20-21-22-23-24-25-26-27-28-29-30-31-32-33-34-35-36-37-38-40-42-44-46-48-50-52-54-62(75)71-58(59(74)53-51-49-47-45-43-41-39-18-16-14-12-10-8-6-4-2)57-81-69-67(80)65(78)68(61(56-73)83-69)84-70-66(79)64(77)63(76)60(55-72)82-70/h20-21,58-61,63-70,72-74,76-80H,3-19,22-57H2,1-2H3,(H,71,75)/b21-20-. The van der Waals surface area contributed by atoms with Gasteiger partial charge in [-0.15, -0.1) is 0 Å². The summed E-state index contributed by atoms with van der Waals surface area (Å²) < 4.78 is 22.9. The van der Waals surface area contributed by atoms with Gasteiger partial charge < -0.3 is 65.1 Å². The summed E-state index contributed by atoms with van der Waals surface area (Å²) in [4.78, 5) is 13.3. The third kappa shape index (κ3) is 39.7. The Morgan fingerprint density at radius 3 is 1.13 bits per heavy atom. The van der Waals surface area contributed by atoms with Crippen molar-refractivity contribution in [3.63, 3.8) is 0 Å². The number of hydrogen-bond donors (Lipinski definition) is 9. The number of amides is 1. The van der Waals surface area contributed by atoms with Crippen LogP contribution in [0, 0.1) is 0 Å². The molecule has 0 saturated carbocycles. The van der Waals surface area contributed by atoms with Crippen LogP contribution in [0.3, 0.4) is 0 Å². The van der Waals surface area contributed by atoms with Crippen molar-refractivity contribution in [2.45, 2.75) is 408 Å². The lowest BCUT2D eigenvalue weighted by molar-refractivity contribution is -0.359. The highest BCUT2D eigenvalue weighted by Crippen LogP contribution is 2.30. The zero-order valence-electron chi connectivity index (χ0n) is 54.2. The van der Waals surface area contributed by atoms with E-state index in [0.29, 0.717) is 12.8 Å². The largest absolute Gasteiger partial charge is 0.394 e. The summed E-state index contributed by atoms with van der Waals surface area (Å²) in [7, 11) is 0. The zero-order chi connectivity index (χ0) is 60.9. The molecule has 2 aliphatic heterocycles. The predicted molar refractivity (Wildman–Crippen MR) is 342 cm³/mol. The van der Waals surface area contributed by atoms with Gasteiger partial charge in [0.25, 0.3) is 0 Å². The van der Waals surface area contributed by atoms with Gasteiger partial charge in [0.05, 0.1) is 32.0 Å². The Balaban J connectivity index is 1.58. The van der Waals surface area contributed by atoms with Crippen LogP contribution in [0.25, 0.3) is 0 Å². The van der Waals surface area contributed by atoms with Crippen LogP contribution >= 0.6 is 0 Å². The minimum Gasteiger partial charge on any atom is -0.394 e. The number of aliphatic hydroxyl groups excluding tert-OH is 8. The number of carbonyl (C=O) groups excluding carboxylic acids is 1. The maximum Gasteiger partial charge on any atom is 0.220 e. The number of unbranched alkanes of at least 4 members (excludes halogenated alkanes) is 45. The average Bonchev–Trinajstić information content (AvgIpc) is 3.23. The lowest BCUT2D eigenvalue weighted by Crippen LogP contribution is -2.65. The molecule has 14 nitrogen and oxygen atoms in total. The quantitative estimate of drug-likeness (QED) is 0.0204. The van der Waals surface area contributed by atoms with Gasteiger partial charge in [-0.25, -0.2) is 0 Å². The molecule has 2 saturated heterocycles. The summed E-state index contributed by atoms with van der Waals surface area (Å²) >= 11 is 0.